The normalized spacial score (nSPS) is 23.8. The van der Waals surface area contributed by atoms with Crippen LogP contribution in [0.15, 0.2) is 0 Å². The molecule has 3 aliphatic rings. The average molecular weight is 351 g/mol. The van der Waals surface area contributed by atoms with Crippen molar-refractivity contribution in [2.75, 3.05) is 26.2 Å². The third-order valence-electron chi connectivity index (χ3n) is 5.94. The predicted octanol–water partition coefficient (Wildman–Crippen LogP) is 3.08. The molecule has 0 atom stereocenters. The molecule has 0 radical (unpaired) electrons. The summed E-state index contributed by atoms with van der Waals surface area (Å²) in [5, 5.41) is 6.39. The molecule has 142 valence electrons. The first-order valence-electron chi connectivity index (χ1n) is 10.3. The van der Waals surface area contributed by atoms with E-state index in [9.17, 15) is 9.59 Å². The van der Waals surface area contributed by atoms with Gasteiger partial charge < -0.3 is 20.4 Å². The molecule has 1 heterocycles. The highest BCUT2D eigenvalue weighted by atomic mass is 16.2. The Balaban J connectivity index is 1.42. The minimum atomic E-state index is 0.0569. The summed E-state index contributed by atoms with van der Waals surface area (Å²) in [6.45, 7) is 2.75. The van der Waals surface area contributed by atoms with Crippen molar-refractivity contribution in [3.8, 4) is 0 Å². The summed E-state index contributed by atoms with van der Waals surface area (Å²) in [6.07, 6.45) is 12.8. The predicted molar refractivity (Wildman–Crippen MR) is 98.6 cm³/mol. The Hall–Kier alpha value is -1.46. The molecule has 2 aliphatic carbocycles. The first-order valence-corrected chi connectivity index (χ1v) is 10.3. The second-order valence-corrected chi connectivity index (χ2v) is 7.90. The zero-order valence-electron chi connectivity index (χ0n) is 15.5. The minimum absolute atomic E-state index is 0.0569. The van der Waals surface area contributed by atoms with Crippen LogP contribution in [0.1, 0.15) is 70.6 Å². The zero-order valence-corrected chi connectivity index (χ0v) is 15.5. The molecule has 1 saturated heterocycles. The van der Waals surface area contributed by atoms with Crippen LogP contribution in [0.4, 0.5) is 9.59 Å². The fourth-order valence-electron chi connectivity index (χ4n) is 4.35. The Morgan fingerprint density at radius 3 is 1.36 bits per heavy atom. The molecule has 2 N–H and O–H groups in total. The van der Waals surface area contributed by atoms with E-state index in [2.05, 4.69) is 10.6 Å². The van der Waals surface area contributed by atoms with E-state index in [0.29, 0.717) is 25.2 Å². The lowest BCUT2D eigenvalue weighted by molar-refractivity contribution is 0.183. The Kier molecular flexibility index (Phi) is 6.82. The van der Waals surface area contributed by atoms with Gasteiger partial charge in [-0.1, -0.05) is 38.5 Å². The second-order valence-electron chi connectivity index (χ2n) is 7.90. The van der Waals surface area contributed by atoms with Crippen molar-refractivity contribution in [3.05, 3.63) is 0 Å². The first-order chi connectivity index (χ1) is 12.2. The number of nitrogens with one attached hydrogen (secondary N) is 2. The van der Waals surface area contributed by atoms with Crippen LogP contribution in [0, 0.1) is 0 Å². The Labute approximate surface area is 151 Å². The Bertz CT molecular complexity index is 405. The van der Waals surface area contributed by atoms with Gasteiger partial charge in [-0.3, -0.25) is 0 Å². The molecule has 2 saturated carbocycles. The van der Waals surface area contributed by atoms with Gasteiger partial charge in [-0.05, 0) is 32.1 Å². The molecule has 3 rings (SSSR count). The number of rotatable bonds is 2. The number of urea groups is 2. The standard InChI is InChI=1S/C19H34N4O2/c24-18(20-16-8-3-1-4-9-16)22-12-7-13-23(15-14-22)19(25)21-17-10-5-2-6-11-17/h16-17H,1-15H2,(H,20,24)(H,21,25). The summed E-state index contributed by atoms with van der Waals surface area (Å²) in [5.41, 5.74) is 0. The van der Waals surface area contributed by atoms with Crippen LogP contribution in [0.5, 0.6) is 0 Å². The highest BCUT2D eigenvalue weighted by Crippen LogP contribution is 2.19. The highest BCUT2D eigenvalue weighted by Gasteiger charge is 2.25. The molecule has 25 heavy (non-hydrogen) atoms. The summed E-state index contributed by atoms with van der Waals surface area (Å²) in [7, 11) is 0. The van der Waals surface area contributed by atoms with Gasteiger partial charge in [-0.2, -0.15) is 0 Å². The quantitative estimate of drug-likeness (QED) is 0.804. The van der Waals surface area contributed by atoms with Crippen LogP contribution in [-0.2, 0) is 0 Å². The molecular formula is C19H34N4O2. The third kappa shape index (κ3) is 5.51. The lowest BCUT2D eigenvalue weighted by Gasteiger charge is -2.28. The molecule has 0 unspecified atom stereocenters. The first kappa shape index (κ1) is 18.3. The van der Waals surface area contributed by atoms with Crippen molar-refractivity contribution >= 4 is 12.1 Å². The molecule has 6 heteroatoms. The monoisotopic (exact) mass is 350 g/mol. The van der Waals surface area contributed by atoms with E-state index in [4.69, 9.17) is 0 Å². The number of carbonyl (C=O) groups is 2. The summed E-state index contributed by atoms with van der Waals surface area (Å²) in [5.74, 6) is 0. The summed E-state index contributed by atoms with van der Waals surface area (Å²) >= 11 is 0. The second kappa shape index (κ2) is 9.30. The third-order valence-corrected chi connectivity index (χ3v) is 5.94. The van der Waals surface area contributed by atoms with Crippen molar-refractivity contribution in [3.63, 3.8) is 0 Å². The summed E-state index contributed by atoms with van der Waals surface area (Å²) < 4.78 is 0. The fraction of sp³-hybridized carbons (Fsp3) is 0.895. The van der Waals surface area contributed by atoms with Crippen LogP contribution in [-0.4, -0.2) is 60.1 Å². The Morgan fingerprint density at radius 1 is 0.560 bits per heavy atom. The molecular weight excluding hydrogens is 316 g/mol. The molecule has 6 nitrogen and oxygen atoms in total. The fourth-order valence-corrected chi connectivity index (χ4v) is 4.35. The van der Waals surface area contributed by atoms with E-state index in [1.165, 1.54) is 38.5 Å². The number of carbonyl (C=O) groups excluding carboxylic acids is 2. The molecule has 0 aromatic carbocycles. The highest BCUT2D eigenvalue weighted by molar-refractivity contribution is 5.76. The summed E-state index contributed by atoms with van der Waals surface area (Å²) in [4.78, 5) is 28.8. The maximum Gasteiger partial charge on any atom is 0.317 e. The molecule has 1 aliphatic heterocycles. The maximum absolute atomic E-state index is 12.5. The van der Waals surface area contributed by atoms with Crippen molar-refractivity contribution in [2.24, 2.45) is 0 Å². The van der Waals surface area contributed by atoms with Gasteiger partial charge in [0.2, 0.25) is 0 Å². The van der Waals surface area contributed by atoms with Crippen molar-refractivity contribution < 1.29 is 9.59 Å². The Morgan fingerprint density at radius 2 is 0.960 bits per heavy atom. The number of amides is 4. The zero-order chi connectivity index (χ0) is 17.5. The molecule has 0 spiro atoms. The molecule has 3 fully saturated rings. The van der Waals surface area contributed by atoms with Gasteiger partial charge in [0.25, 0.3) is 0 Å². The lowest BCUT2D eigenvalue weighted by Crippen LogP contribution is -2.48. The number of hydrogen-bond acceptors (Lipinski definition) is 2. The van der Waals surface area contributed by atoms with E-state index in [1.807, 2.05) is 9.80 Å². The molecule has 4 amide bonds. The van der Waals surface area contributed by atoms with Gasteiger partial charge >= 0.3 is 12.1 Å². The lowest BCUT2D eigenvalue weighted by atomic mass is 9.96. The van der Waals surface area contributed by atoms with Gasteiger partial charge in [-0.25, -0.2) is 9.59 Å². The van der Waals surface area contributed by atoms with E-state index in [0.717, 1.165) is 45.2 Å². The number of hydrogen-bond donors (Lipinski definition) is 2. The van der Waals surface area contributed by atoms with Crippen molar-refractivity contribution in [2.45, 2.75) is 82.7 Å². The molecule has 0 aromatic rings. The minimum Gasteiger partial charge on any atom is -0.335 e. The van der Waals surface area contributed by atoms with Crippen LogP contribution in [0.2, 0.25) is 0 Å². The van der Waals surface area contributed by atoms with Gasteiger partial charge in [0.15, 0.2) is 0 Å². The van der Waals surface area contributed by atoms with Crippen LogP contribution in [0.25, 0.3) is 0 Å². The SMILES string of the molecule is O=C(NC1CCCCC1)N1CCCN(C(=O)NC2CCCCC2)CC1. The van der Waals surface area contributed by atoms with Crippen molar-refractivity contribution in [1.29, 1.82) is 0 Å². The van der Waals surface area contributed by atoms with Gasteiger partial charge in [0, 0.05) is 38.3 Å². The van der Waals surface area contributed by atoms with Crippen molar-refractivity contribution in [1.82, 2.24) is 20.4 Å². The van der Waals surface area contributed by atoms with E-state index in [1.54, 1.807) is 0 Å². The molecule has 0 aromatic heterocycles. The maximum atomic E-state index is 12.5. The van der Waals surface area contributed by atoms with Crippen LogP contribution < -0.4 is 10.6 Å². The van der Waals surface area contributed by atoms with Gasteiger partial charge in [0.1, 0.15) is 0 Å². The van der Waals surface area contributed by atoms with E-state index < -0.39 is 0 Å². The molecule has 0 bridgehead atoms. The smallest absolute Gasteiger partial charge is 0.317 e. The van der Waals surface area contributed by atoms with Crippen LogP contribution >= 0.6 is 0 Å². The van der Waals surface area contributed by atoms with Gasteiger partial charge in [-0.15, -0.1) is 0 Å². The topological polar surface area (TPSA) is 64.7 Å². The summed E-state index contributed by atoms with van der Waals surface area (Å²) in [6, 6.07) is 0.799. The average Bonchev–Trinajstić information content (AvgIpc) is 2.90. The van der Waals surface area contributed by atoms with Gasteiger partial charge in [0.05, 0.1) is 0 Å². The van der Waals surface area contributed by atoms with E-state index in [-0.39, 0.29) is 12.1 Å². The number of nitrogens with zero attached hydrogens (tertiary/aromatic N) is 2. The van der Waals surface area contributed by atoms with Crippen LogP contribution in [0.3, 0.4) is 0 Å². The van der Waals surface area contributed by atoms with E-state index >= 15 is 0 Å². The largest absolute Gasteiger partial charge is 0.335 e.